The average molecular weight is 476 g/mol. The van der Waals surface area contributed by atoms with E-state index in [4.69, 9.17) is 21.9 Å². The van der Waals surface area contributed by atoms with Gasteiger partial charge in [0.25, 0.3) is 0 Å². The number of nitrogens with one attached hydrogen (secondary N) is 1. The van der Waals surface area contributed by atoms with Crippen molar-refractivity contribution in [1.29, 1.82) is 0 Å². The Kier molecular flexibility index (Phi) is 6.32. The number of nitrogens with zero attached hydrogens (tertiary/aromatic N) is 4. The summed E-state index contributed by atoms with van der Waals surface area (Å²) in [5.74, 6) is 0. The fourth-order valence-corrected chi connectivity index (χ4v) is 5.84. The number of aromatic nitrogens is 2. The number of benzene rings is 1. The second-order valence-corrected chi connectivity index (χ2v) is 9.79. The first kappa shape index (κ1) is 22.9. The lowest BCUT2D eigenvalue weighted by molar-refractivity contribution is 0.122. The van der Waals surface area contributed by atoms with Crippen LogP contribution in [0.25, 0.3) is 0 Å². The summed E-state index contributed by atoms with van der Waals surface area (Å²) in [6.45, 7) is 12.3. The van der Waals surface area contributed by atoms with Gasteiger partial charge < -0.3 is 24.4 Å². The highest BCUT2D eigenvalue weighted by atomic mass is 32.1. The van der Waals surface area contributed by atoms with Gasteiger partial charge in [-0.2, -0.15) is 0 Å². The Morgan fingerprint density at radius 1 is 1.03 bits per heavy atom. The molecule has 0 spiro atoms. The Hall–Kier alpha value is -2.90. The van der Waals surface area contributed by atoms with E-state index < -0.39 is 0 Å². The van der Waals surface area contributed by atoms with Gasteiger partial charge in [0, 0.05) is 48.1 Å². The van der Waals surface area contributed by atoms with Crippen LogP contribution in [0.1, 0.15) is 54.6 Å². The molecule has 2 atom stereocenters. The number of ether oxygens (including phenoxy) is 1. The maximum atomic E-state index is 5.92. The van der Waals surface area contributed by atoms with Crippen molar-refractivity contribution in [3.63, 3.8) is 0 Å². The molecule has 2 aromatic heterocycles. The van der Waals surface area contributed by atoms with Crippen LogP contribution in [0.15, 0.2) is 54.7 Å². The predicted molar refractivity (Wildman–Crippen MR) is 142 cm³/mol. The number of anilines is 2. The molecule has 1 N–H and O–H groups in total. The van der Waals surface area contributed by atoms with Crippen LogP contribution in [0.2, 0.25) is 0 Å². The molecule has 2 fully saturated rings. The summed E-state index contributed by atoms with van der Waals surface area (Å²) >= 11 is 5.92. The highest BCUT2D eigenvalue weighted by Crippen LogP contribution is 2.44. The molecule has 178 valence electrons. The van der Waals surface area contributed by atoms with Crippen LogP contribution in [-0.4, -0.2) is 41.0 Å². The minimum absolute atomic E-state index is 0.00957. The molecule has 0 radical (unpaired) electrons. The van der Waals surface area contributed by atoms with Crippen LogP contribution in [-0.2, 0) is 4.74 Å². The third kappa shape index (κ3) is 4.07. The molecular weight excluding hydrogens is 442 g/mol. The first-order chi connectivity index (χ1) is 16.5. The predicted octanol–water partition coefficient (Wildman–Crippen LogP) is 5.09. The second-order valence-electron chi connectivity index (χ2n) is 9.40. The molecule has 6 nitrogen and oxygen atoms in total. The van der Waals surface area contributed by atoms with E-state index in [0.29, 0.717) is 6.04 Å². The summed E-state index contributed by atoms with van der Waals surface area (Å²) in [4.78, 5) is 9.34. The number of morpholine rings is 1. The summed E-state index contributed by atoms with van der Waals surface area (Å²) in [5.41, 5.74) is 7.14. The smallest absolute Gasteiger partial charge is 0.174 e. The first-order valence-electron chi connectivity index (χ1n) is 12.1. The van der Waals surface area contributed by atoms with Gasteiger partial charge >= 0.3 is 0 Å². The molecule has 2 saturated heterocycles. The third-order valence-corrected chi connectivity index (χ3v) is 7.28. The Morgan fingerprint density at radius 3 is 2.35 bits per heavy atom. The fourth-order valence-electron chi connectivity index (χ4n) is 5.49. The SMILES string of the molecule is Cc1cc([C@@H]2[C@H](c3ccccn3)NC(=S)N2c2ccc(N3CCOCC3)cc2)c(C)n1C(C)C. The number of aryl methyl sites for hydroxylation is 1. The average Bonchev–Trinajstić information content (AvgIpc) is 3.35. The van der Waals surface area contributed by atoms with Crippen molar-refractivity contribution in [1.82, 2.24) is 14.9 Å². The van der Waals surface area contributed by atoms with Gasteiger partial charge in [-0.1, -0.05) is 6.07 Å². The summed E-state index contributed by atoms with van der Waals surface area (Å²) in [7, 11) is 0. The first-order valence-corrected chi connectivity index (χ1v) is 12.5. The molecule has 34 heavy (non-hydrogen) atoms. The van der Waals surface area contributed by atoms with Gasteiger partial charge in [0.1, 0.15) is 0 Å². The van der Waals surface area contributed by atoms with Crippen molar-refractivity contribution in [3.8, 4) is 0 Å². The van der Waals surface area contributed by atoms with Crippen LogP contribution in [0, 0.1) is 13.8 Å². The summed E-state index contributed by atoms with van der Waals surface area (Å²) in [6.07, 6.45) is 1.86. The molecule has 0 bridgehead atoms. The van der Waals surface area contributed by atoms with Gasteiger partial charge in [-0.25, -0.2) is 0 Å². The maximum absolute atomic E-state index is 5.92. The van der Waals surface area contributed by atoms with Gasteiger partial charge in [0.05, 0.1) is 31.0 Å². The monoisotopic (exact) mass is 475 g/mol. The molecule has 0 aliphatic carbocycles. The zero-order valence-corrected chi connectivity index (χ0v) is 21.2. The van der Waals surface area contributed by atoms with Crippen molar-refractivity contribution < 1.29 is 4.74 Å². The molecule has 5 rings (SSSR count). The lowest BCUT2D eigenvalue weighted by atomic mass is 9.96. The third-order valence-electron chi connectivity index (χ3n) is 6.96. The number of hydrogen-bond donors (Lipinski definition) is 1. The number of pyridine rings is 1. The topological polar surface area (TPSA) is 45.6 Å². The maximum Gasteiger partial charge on any atom is 0.174 e. The van der Waals surface area contributed by atoms with Crippen molar-refractivity contribution in [3.05, 3.63) is 77.4 Å². The highest BCUT2D eigenvalue weighted by Gasteiger charge is 2.42. The largest absolute Gasteiger partial charge is 0.378 e. The summed E-state index contributed by atoms with van der Waals surface area (Å²) < 4.78 is 7.92. The van der Waals surface area contributed by atoms with Gasteiger partial charge in [0.15, 0.2) is 5.11 Å². The number of hydrogen-bond acceptors (Lipinski definition) is 4. The molecule has 2 aliphatic heterocycles. The molecule has 0 amide bonds. The zero-order valence-electron chi connectivity index (χ0n) is 20.4. The van der Waals surface area contributed by atoms with E-state index in [1.54, 1.807) is 0 Å². The summed E-state index contributed by atoms with van der Waals surface area (Å²) in [5, 5.41) is 4.32. The Bertz CT molecular complexity index is 1150. The van der Waals surface area contributed by atoms with E-state index in [-0.39, 0.29) is 12.1 Å². The Labute approximate surface area is 207 Å². The van der Waals surface area contributed by atoms with Crippen LogP contribution in [0.4, 0.5) is 11.4 Å². The number of rotatable bonds is 5. The van der Waals surface area contributed by atoms with E-state index in [0.717, 1.165) is 42.8 Å². The van der Waals surface area contributed by atoms with E-state index in [1.165, 1.54) is 22.6 Å². The number of thiocarbonyl (C=S) groups is 1. The van der Waals surface area contributed by atoms with Crippen LogP contribution >= 0.6 is 12.2 Å². The molecule has 7 heteroatoms. The van der Waals surface area contributed by atoms with Crippen LogP contribution < -0.4 is 15.1 Å². The van der Waals surface area contributed by atoms with Crippen molar-refractivity contribution in [2.45, 2.75) is 45.8 Å². The van der Waals surface area contributed by atoms with E-state index in [1.807, 2.05) is 18.3 Å². The standard InChI is InChI=1S/C27H33N5OS/c1-18(2)31-19(3)17-23(20(31)4)26-25(24-7-5-6-12-28-24)29-27(34)32(26)22-10-8-21(9-11-22)30-13-15-33-16-14-30/h5-12,17-18,25-26H,13-16H2,1-4H3,(H,29,34)/t25-,26+/m0/s1. The van der Waals surface area contributed by atoms with Crippen molar-refractivity contribution in [2.24, 2.45) is 0 Å². The van der Waals surface area contributed by atoms with E-state index in [9.17, 15) is 0 Å². The minimum Gasteiger partial charge on any atom is -0.378 e. The van der Waals surface area contributed by atoms with Crippen molar-refractivity contribution in [2.75, 3.05) is 36.1 Å². The molecule has 3 aromatic rings. The highest BCUT2D eigenvalue weighted by molar-refractivity contribution is 7.80. The minimum atomic E-state index is -0.0336. The van der Waals surface area contributed by atoms with E-state index in [2.05, 4.69) is 83.8 Å². The zero-order chi connectivity index (χ0) is 23.8. The Morgan fingerprint density at radius 2 is 1.74 bits per heavy atom. The lowest BCUT2D eigenvalue weighted by Crippen LogP contribution is -2.36. The van der Waals surface area contributed by atoms with Crippen LogP contribution in [0.5, 0.6) is 0 Å². The normalized spacial score (nSPS) is 20.8. The van der Waals surface area contributed by atoms with Gasteiger partial charge in [0.2, 0.25) is 0 Å². The van der Waals surface area contributed by atoms with Crippen LogP contribution in [0.3, 0.4) is 0 Å². The lowest BCUT2D eigenvalue weighted by Gasteiger charge is -2.31. The van der Waals surface area contributed by atoms with Gasteiger partial charge in [-0.05, 0) is 87.9 Å². The quantitative estimate of drug-likeness (QED) is 0.519. The molecular formula is C27H33N5OS. The molecule has 2 aliphatic rings. The molecule has 0 unspecified atom stereocenters. The van der Waals surface area contributed by atoms with E-state index >= 15 is 0 Å². The Balaban J connectivity index is 1.56. The van der Waals surface area contributed by atoms with Gasteiger partial charge in [-0.15, -0.1) is 0 Å². The summed E-state index contributed by atoms with van der Waals surface area (Å²) in [6, 6.07) is 17.6. The fraction of sp³-hybridized carbons (Fsp3) is 0.407. The molecule has 1 aromatic carbocycles. The van der Waals surface area contributed by atoms with Crippen molar-refractivity contribution >= 4 is 28.7 Å². The molecule has 4 heterocycles. The molecule has 0 saturated carbocycles. The second kappa shape index (κ2) is 9.39. The van der Waals surface area contributed by atoms with Gasteiger partial charge in [-0.3, -0.25) is 4.98 Å².